The van der Waals surface area contributed by atoms with Crippen molar-refractivity contribution in [2.75, 3.05) is 5.32 Å². The molecule has 82 valence electrons. The number of anilines is 2. The lowest BCUT2D eigenvalue weighted by Gasteiger charge is -2.05. The van der Waals surface area contributed by atoms with E-state index in [-0.39, 0.29) is 0 Å². The quantitative estimate of drug-likeness (QED) is 0.722. The summed E-state index contributed by atoms with van der Waals surface area (Å²) in [5, 5.41) is 3.22. The van der Waals surface area contributed by atoms with Gasteiger partial charge in [0.05, 0.1) is 12.4 Å². The summed E-state index contributed by atoms with van der Waals surface area (Å²) in [6.45, 7) is 0. The van der Waals surface area contributed by atoms with Crippen molar-refractivity contribution in [1.82, 2.24) is 9.97 Å². The topological polar surface area (TPSA) is 37.8 Å². The minimum Gasteiger partial charge on any atom is -0.340 e. The van der Waals surface area contributed by atoms with E-state index in [2.05, 4.69) is 15.3 Å². The van der Waals surface area contributed by atoms with E-state index in [0.29, 0.717) is 6.04 Å². The Balaban J connectivity index is 1.98. The number of hydrogen-bond acceptors (Lipinski definition) is 3. The summed E-state index contributed by atoms with van der Waals surface area (Å²) in [7, 11) is 0. The zero-order valence-electron chi connectivity index (χ0n) is 10.1. The maximum Gasteiger partial charge on any atom is 0.131 e. The fourth-order valence-electron chi connectivity index (χ4n) is 1.64. The van der Waals surface area contributed by atoms with Crippen LogP contribution in [0.5, 0.6) is 0 Å². The van der Waals surface area contributed by atoms with Gasteiger partial charge in [0.15, 0.2) is 0 Å². The summed E-state index contributed by atoms with van der Waals surface area (Å²) in [5.41, 5.74) is 2.51. The number of benzene rings is 1. The van der Waals surface area contributed by atoms with Crippen LogP contribution in [-0.4, -0.2) is 9.97 Å². The molecule has 0 saturated carbocycles. The van der Waals surface area contributed by atoms with Crippen LogP contribution in [0, 0.1) is 0 Å². The van der Waals surface area contributed by atoms with Gasteiger partial charge >= 0.3 is 0 Å². The Hall–Kier alpha value is -2.42. The molecule has 2 aromatic heterocycles. The molecule has 0 unspecified atom stereocenters. The lowest BCUT2D eigenvalue weighted by molar-refractivity contribution is 1.32. The Morgan fingerprint density at radius 1 is 0.941 bits per heavy atom. The molecule has 0 fully saturated rings. The van der Waals surface area contributed by atoms with Gasteiger partial charge in [0.25, 0.3) is 0 Å². The lowest BCUT2D eigenvalue weighted by atomic mass is 10.3. The molecule has 0 bridgehead atoms. The van der Waals surface area contributed by atoms with Gasteiger partial charge in [0.1, 0.15) is 5.82 Å². The molecule has 0 aliphatic heterocycles. The molecule has 0 saturated heterocycles. The van der Waals surface area contributed by atoms with Gasteiger partial charge in [-0.15, -0.1) is 0 Å². The van der Waals surface area contributed by atoms with Crippen molar-refractivity contribution in [2.24, 2.45) is 0 Å². The molecule has 2 heterocycles. The number of hydrogen-bond donors (Lipinski definition) is 1. The fraction of sp³-hybridized carbons (Fsp3) is 0. The van der Waals surface area contributed by atoms with Gasteiger partial charge in [0.2, 0.25) is 0 Å². The van der Waals surface area contributed by atoms with Crippen LogP contribution in [-0.2, 0) is 0 Å². The average molecular weight is 222 g/mol. The molecule has 1 aromatic carbocycles. The van der Waals surface area contributed by atoms with Crippen molar-refractivity contribution in [1.29, 1.82) is 0 Å². The Kier molecular flexibility index (Phi) is 2.16. The van der Waals surface area contributed by atoms with Crippen molar-refractivity contribution in [3.63, 3.8) is 0 Å². The zero-order chi connectivity index (χ0) is 12.4. The summed E-state index contributed by atoms with van der Waals surface area (Å²) < 4.78 is 7.55. The predicted octanol–water partition coefficient (Wildman–Crippen LogP) is 3.37. The first-order valence-electron chi connectivity index (χ1n) is 5.87. The molecule has 3 aromatic rings. The van der Waals surface area contributed by atoms with Crippen molar-refractivity contribution in [3.8, 4) is 0 Å². The molecule has 0 atom stereocenters. The summed E-state index contributed by atoms with van der Waals surface area (Å²) in [4.78, 5) is 8.59. The van der Waals surface area contributed by atoms with Crippen molar-refractivity contribution >= 4 is 22.5 Å². The van der Waals surface area contributed by atoms with Crippen LogP contribution in [0.4, 0.5) is 11.5 Å². The van der Waals surface area contributed by atoms with Crippen LogP contribution in [0.3, 0.4) is 0 Å². The average Bonchev–Trinajstić information content (AvgIpc) is 2.39. The number of aromatic nitrogens is 2. The largest absolute Gasteiger partial charge is 0.340 e. The number of fused-ring (bicyclic) bond motifs is 1. The number of rotatable bonds is 2. The smallest absolute Gasteiger partial charge is 0.131 e. The van der Waals surface area contributed by atoms with E-state index >= 15 is 0 Å². The minimum atomic E-state index is 0.367. The second kappa shape index (κ2) is 4.22. The van der Waals surface area contributed by atoms with Gasteiger partial charge in [-0.3, -0.25) is 4.98 Å². The maximum absolute atomic E-state index is 7.55. The lowest BCUT2D eigenvalue weighted by Crippen LogP contribution is -1.93. The third-order valence-electron chi connectivity index (χ3n) is 2.45. The van der Waals surface area contributed by atoms with Gasteiger partial charge in [-0.05, 0) is 36.4 Å². The Bertz CT molecular complexity index is 683. The highest BCUT2D eigenvalue weighted by molar-refractivity contribution is 5.76. The molecular formula is C14H11N3. The third kappa shape index (κ3) is 2.08. The highest BCUT2D eigenvalue weighted by atomic mass is 15.0. The van der Waals surface area contributed by atoms with Gasteiger partial charge in [-0.1, -0.05) is 18.2 Å². The SMILES string of the molecule is [2H]c1cnc2ccc(Nc3ccccc3)nc2c1. The second-order valence-corrected chi connectivity index (χ2v) is 3.66. The van der Waals surface area contributed by atoms with E-state index in [1.54, 1.807) is 6.07 Å². The molecule has 3 heteroatoms. The van der Waals surface area contributed by atoms with E-state index in [9.17, 15) is 0 Å². The van der Waals surface area contributed by atoms with Crippen LogP contribution in [0.1, 0.15) is 1.37 Å². The molecule has 3 rings (SSSR count). The normalized spacial score (nSPS) is 11.2. The molecule has 0 aliphatic carbocycles. The summed E-state index contributed by atoms with van der Waals surface area (Å²) >= 11 is 0. The highest BCUT2D eigenvalue weighted by Crippen LogP contribution is 2.16. The van der Waals surface area contributed by atoms with Crippen molar-refractivity contribution < 1.29 is 1.37 Å². The third-order valence-corrected chi connectivity index (χ3v) is 2.45. The second-order valence-electron chi connectivity index (χ2n) is 3.66. The van der Waals surface area contributed by atoms with Gasteiger partial charge in [0, 0.05) is 11.9 Å². The summed E-state index contributed by atoms with van der Waals surface area (Å²) in [6, 6.07) is 15.7. The van der Waals surface area contributed by atoms with Crippen LogP contribution >= 0.6 is 0 Å². The van der Waals surface area contributed by atoms with Crippen LogP contribution < -0.4 is 5.32 Å². The Labute approximate surface area is 101 Å². The molecule has 0 radical (unpaired) electrons. The van der Waals surface area contributed by atoms with E-state index < -0.39 is 0 Å². The molecule has 0 aliphatic rings. The van der Waals surface area contributed by atoms with Crippen LogP contribution in [0.2, 0.25) is 0 Å². The molecule has 17 heavy (non-hydrogen) atoms. The number of para-hydroxylation sites is 1. The van der Waals surface area contributed by atoms with Crippen molar-refractivity contribution in [2.45, 2.75) is 0 Å². The van der Waals surface area contributed by atoms with E-state index in [1.807, 2.05) is 42.5 Å². The van der Waals surface area contributed by atoms with Gasteiger partial charge in [-0.2, -0.15) is 0 Å². The van der Waals surface area contributed by atoms with E-state index in [0.717, 1.165) is 22.5 Å². The first-order valence-corrected chi connectivity index (χ1v) is 5.37. The van der Waals surface area contributed by atoms with E-state index in [1.165, 1.54) is 6.20 Å². The first-order chi connectivity index (χ1) is 8.81. The predicted molar refractivity (Wildman–Crippen MR) is 69.3 cm³/mol. The Morgan fingerprint density at radius 2 is 1.82 bits per heavy atom. The summed E-state index contributed by atoms with van der Waals surface area (Å²) in [6.07, 6.45) is 1.52. The van der Waals surface area contributed by atoms with E-state index in [4.69, 9.17) is 1.37 Å². The monoisotopic (exact) mass is 222 g/mol. The molecule has 0 spiro atoms. The minimum absolute atomic E-state index is 0.367. The van der Waals surface area contributed by atoms with Gasteiger partial charge < -0.3 is 5.32 Å². The first kappa shape index (κ1) is 8.70. The molecule has 1 N–H and O–H groups in total. The molecule has 3 nitrogen and oxygen atoms in total. The standard InChI is InChI=1S/C14H11N3/c1-2-5-11(6-3-1)16-14-9-8-12-13(17-14)7-4-10-15-12/h1-10H,(H,16,17)/i4D. The maximum atomic E-state index is 7.55. The molecular weight excluding hydrogens is 210 g/mol. The number of nitrogens with zero attached hydrogens (tertiary/aromatic N) is 2. The Morgan fingerprint density at radius 3 is 2.71 bits per heavy atom. The summed E-state index contributed by atoms with van der Waals surface area (Å²) in [5.74, 6) is 0.751. The fourth-order valence-corrected chi connectivity index (χ4v) is 1.64. The van der Waals surface area contributed by atoms with Crippen LogP contribution in [0.15, 0.2) is 60.8 Å². The van der Waals surface area contributed by atoms with Crippen molar-refractivity contribution in [3.05, 3.63) is 60.8 Å². The number of pyridine rings is 2. The molecule has 0 amide bonds. The highest BCUT2D eigenvalue weighted by Gasteiger charge is 1.98. The van der Waals surface area contributed by atoms with Gasteiger partial charge in [-0.25, -0.2) is 4.98 Å². The van der Waals surface area contributed by atoms with Crippen LogP contribution in [0.25, 0.3) is 11.0 Å². The number of nitrogens with one attached hydrogen (secondary N) is 1. The zero-order valence-corrected chi connectivity index (χ0v) is 9.09.